The van der Waals surface area contributed by atoms with Crippen LogP contribution < -0.4 is 17.2 Å². The van der Waals surface area contributed by atoms with E-state index in [1.807, 2.05) is 0 Å². The van der Waals surface area contributed by atoms with Crippen molar-refractivity contribution in [3.8, 4) is 0 Å². The van der Waals surface area contributed by atoms with Crippen LogP contribution in [0.15, 0.2) is 36.4 Å². The number of benzene rings is 3. The van der Waals surface area contributed by atoms with Crippen LogP contribution in [-0.2, 0) is 85.1 Å². The van der Waals surface area contributed by atoms with Gasteiger partial charge in [0.05, 0.1) is 19.8 Å². The zero-order valence-corrected chi connectivity index (χ0v) is 41.1. The molecule has 3 rings (SSSR count). The zero-order chi connectivity index (χ0) is 44.2. The second-order valence-electron chi connectivity index (χ2n) is 22.7. The van der Waals surface area contributed by atoms with Gasteiger partial charge in [-0.1, -0.05) is 161 Å². The number of hydrogen-bond donors (Lipinski definition) is 3. The molecule has 3 aromatic rings. The van der Waals surface area contributed by atoms with Gasteiger partial charge in [-0.15, -0.1) is 0 Å². The Morgan fingerprint density at radius 3 is 0.655 bits per heavy atom. The summed E-state index contributed by atoms with van der Waals surface area (Å²) in [5.41, 5.74) is 33.5. The Hall–Kier alpha value is -2.15. The second kappa shape index (κ2) is 19.3. The highest BCUT2D eigenvalue weighted by molar-refractivity contribution is 7.41. The molecule has 0 bridgehead atoms. The Bertz CT molecular complexity index is 1500. The third kappa shape index (κ3) is 13.4. The van der Waals surface area contributed by atoms with Crippen molar-refractivity contribution in [2.24, 2.45) is 17.2 Å². The molecule has 0 fully saturated rings. The van der Waals surface area contributed by atoms with E-state index in [2.05, 4.69) is 161 Å². The molecule has 6 N–H and O–H groups in total. The molecule has 0 saturated heterocycles. The summed E-state index contributed by atoms with van der Waals surface area (Å²) in [4.78, 5) is 0. The zero-order valence-electron chi connectivity index (χ0n) is 40.2. The Labute approximate surface area is 357 Å². The summed E-state index contributed by atoms with van der Waals surface area (Å²) >= 11 is 0. The summed E-state index contributed by atoms with van der Waals surface area (Å²) in [6.07, 6.45) is 2.52. The standard InChI is InChI=1S/C51H84N3O3P/c1-46(2,3)40-25-34(26-41(47(4,5)6)37(40)19-22-52)31-55-58(56-32-35-27-42(48(7,8)9)38(20-23-53)43(28-35)49(10,11)12)57-33-36-29-44(50(13,14)15)39(21-24-54)45(30-36)51(16,17)18/h25-30H,19-24,31-33,52-54H2,1-18H3. The van der Waals surface area contributed by atoms with E-state index in [0.717, 1.165) is 36.0 Å². The molecule has 0 saturated carbocycles. The molecule has 0 aliphatic rings. The van der Waals surface area contributed by atoms with E-state index in [0.29, 0.717) is 39.5 Å². The van der Waals surface area contributed by atoms with Crippen LogP contribution in [0.25, 0.3) is 0 Å². The molecule has 0 aromatic heterocycles. The van der Waals surface area contributed by atoms with Gasteiger partial charge in [0.2, 0.25) is 0 Å². The van der Waals surface area contributed by atoms with Gasteiger partial charge in [-0.3, -0.25) is 0 Å². The Kier molecular flexibility index (Phi) is 16.7. The van der Waals surface area contributed by atoms with Crippen molar-refractivity contribution >= 4 is 8.60 Å². The molecule has 3 aromatic carbocycles. The molecule has 0 atom stereocenters. The fraction of sp³-hybridized carbons (Fsp3) is 0.647. The first-order chi connectivity index (χ1) is 26.4. The topological polar surface area (TPSA) is 106 Å². The van der Waals surface area contributed by atoms with Crippen molar-refractivity contribution in [3.63, 3.8) is 0 Å². The molecule has 6 nitrogen and oxygen atoms in total. The monoisotopic (exact) mass is 818 g/mol. The van der Waals surface area contributed by atoms with Gasteiger partial charge in [0.25, 0.3) is 0 Å². The van der Waals surface area contributed by atoms with Gasteiger partial charge in [0.15, 0.2) is 0 Å². The van der Waals surface area contributed by atoms with Gasteiger partial charge in [-0.25, -0.2) is 0 Å². The van der Waals surface area contributed by atoms with Crippen LogP contribution in [0.1, 0.15) is 191 Å². The van der Waals surface area contributed by atoms with Gasteiger partial charge >= 0.3 is 8.60 Å². The van der Waals surface area contributed by atoms with E-state index >= 15 is 0 Å². The number of hydrogen-bond acceptors (Lipinski definition) is 6. The van der Waals surface area contributed by atoms with Crippen molar-refractivity contribution in [1.29, 1.82) is 0 Å². The largest absolute Gasteiger partial charge is 0.333 e. The lowest BCUT2D eigenvalue weighted by Gasteiger charge is -2.32. The first kappa shape index (κ1) is 50.2. The van der Waals surface area contributed by atoms with Gasteiger partial charge in [-0.2, -0.15) is 0 Å². The highest BCUT2D eigenvalue weighted by Gasteiger charge is 2.30. The molecule has 326 valence electrons. The molecule has 0 spiro atoms. The second-order valence-corrected chi connectivity index (χ2v) is 23.9. The average molecular weight is 818 g/mol. The maximum absolute atomic E-state index is 6.78. The van der Waals surface area contributed by atoms with Gasteiger partial charge in [0, 0.05) is 0 Å². The molecule has 0 amide bonds. The average Bonchev–Trinajstić information content (AvgIpc) is 3.06. The molecule has 0 radical (unpaired) electrons. The van der Waals surface area contributed by atoms with Crippen molar-refractivity contribution in [3.05, 3.63) is 103 Å². The first-order valence-corrected chi connectivity index (χ1v) is 22.8. The van der Waals surface area contributed by atoms with Crippen LogP contribution >= 0.6 is 8.60 Å². The van der Waals surface area contributed by atoms with E-state index in [4.69, 9.17) is 30.8 Å². The number of nitrogens with two attached hydrogens (primary N) is 3. The predicted octanol–water partition coefficient (Wildman–Crippen LogP) is 12.2. The quantitative estimate of drug-likeness (QED) is 0.132. The molecule has 0 unspecified atom stereocenters. The molecule has 7 heteroatoms. The summed E-state index contributed by atoms with van der Waals surface area (Å²) in [5.74, 6) is 0. The van der Waals surface area contributed by atoms with E-state index in [-0.39, 0.29) is 32.5 Å². The highest BCUT2D eigenvalue weighted by atomic mass is 31.2. The van der Waals surface area contributed by atoms with Crippen LogP contribution in [0.4, 0.5) is 0 Å². The SMILES string of the molecule is CC(C)(C)c1cc(COP(OCc2cc(C(C)(C)C)c(CCN)c(C(C)(C)C)c2)OCc2cc(C(C)(C)C)c(CCN)c(C(C)(C)C)c2)cc(C(C)(C)C)c1CCN. The van der Waals surface area contributed by atoms with E-state index in [1.54, 1.807) is 0 Å². The van der Waals surface area contributed by atoms with Crippen molar-refractivity contribution in [2.45, 2.75) is 196 Å². The van der Waals surface area contributed by atoms with Crippen LogP contribution in [-0.4, -0.2) is 19.6 Å². The Morgan fingerprint density at radius 1 is 0.345 bits per heavy atom. The van der Waals surface area contributed by atoms with Crippen molar-refractivity contribution in [2.75, 3.05) is 19.6 Å². The molecular weight excluding hydrogens is 734 g/mol. The van der Waals surface area contributed by atoms with Crippen LogP contribution in [0, 0.1) is 0 Å². The Morgan fingerprint density at radius 2 is 0.517 bits per heavy atom. The minimum Gasteiger partial charge on any atom is -0.330 e. The van der Waals surface area contributed by atoms with Gasteiger partial charge in [0.1, 0.15) is 0 Å². The summed E-state index contributed by atoms with van der Waals surface area (Å²) in [6, 6.07) is 13.9. The molecule has 0 aliphatic carbocycles. The summed E-state index contributed by atoms with van der Waals surface area (Å²) in [6.45, 7) is 44.0. The maximum Gasteiger partial charge on any atom is 0.333 e. The van der Waals surface area contributed by atoms with Gasteiger partial charge in [-0.05, 0) is 138 Å². The van der Waals surface area contributed by atoms with Crippen LogP contribution in [0.2, 0.25) is 0 Å². The minimum absolute atomic E-state index is 0.0601. The minimum atomic E-state index is -1.76. The normalized spacial score (nSPS) is 13.6. The predicted molar refractivity (Wildman–Crippen MR) is 251 cm³/mol. The smallest absolute Gasteiger partial charge is 0.330 e. The lowest BCUT2D eigenvalue weighted by molar-refractivity contribution is 0.144. The lowest BCUT2D eigenvalue weighted by atomic mass is 9.74. The molecule has 58 heavy (non-hydrogen) atoms. The van der Waals surface area contributed by atoms with Crippen LogP contribution in [0.5, 0.6) is 0 Å². The van der Waals surface area contributed by atoms with E-state index < -0.39 is 8.60 Å². The van der Waals surface area contributed by atoms with E-state index in [1.165, 1.54) is 50.1 Å². The van der Waals surface area contributed by atoms with E-state index in [9.17, 15) is 0 Å². The van der Waals surface area contributed by atoms with Crippen molar-refractivity contribution in [1.82, 2.24) is 0 Å². The van der Waals surface area contributed by atoms with Crippen LogP contribution in [0.3, 0.4) is 0 Å². The third-order valence-corrected chi connectivity index (χ3v) is 12.0. The molecule has 0 aliphatic heterocycles. The summed E-state index contributed by atoms with van der Waals surface area (Å²) < 4.78 is 20.4. The lowest BCUT2D eigenvalue weighted by Crippen LogP contribution is -2.23. The fourth-order valence-electron chi connectivity index (χ4n) is 8.19. The fourth-order valence-corrected chi connectivity index (χ4v) is 9.18. The maximum atomic E-state index is 6.78. The third-order valence-electron chi connectivity index (χ3n) is 11.0. The molecule has 0 heterocycles. The number of rotatable bonds is 15. The first-order valence-electron chi connectivity index (χ1n) is 21.7. The Balaban J connectivity index is 2.16. The highest BCUT2D eigenvalue weighted by Crippen LogP contribution is 2.46. The van der Waals surface area contributed by atoms with Crippen molar-refractivity contribution < 1.29 is 13.6 Å². The summed E-state index contributed by atoms with van der Waals surface area (Å²) in [7, 11) is -1.76. The van der Waals surface area contributed by atoms with Gasteiger partial charge < -0.3 is 30.8 Å². The molecular formula is C51H84N3O3P. The summed E-state index contributed by atoms with van der Waals surface area (Å²) in [5, 5.41) is 0.